The van der Waals surface area contributed by atoms with Crippen molar-refractivity contribution in [2.24, 2.45) is 0 Å². The van der Waals surface area contributed by atoms with Crippen LogP contribution in [-0.4, -0.2) is 4.98 Å². The van der Waals surface area contributed by atoms with Crippen molar-refractivity contribution in [3.63, 3.8) is 0 Å². The van der Waals surface area contributed by atoms with E-state index in [-0.39, 0.29) is 5.39 Å². The molecule has 0 atom stereocenters. The van der Waals surface area contributed by atoms with E-state index in [1.54, 1.807) is 12.1 Å². The van der Waals surface area contributed by atoms with Crippen molar-refractivity contribution < 1.29 is 17.6 Å². The van der Waals surface area contributed by atoms with Gasteiger partial charge in [-0.15, -0.1) is 0 Å². The summed E-state index contributed by atoms with van der Waals surface area (Å²) in [7, 11) is 0. The molecule has 0 unspecified atom stereocenters. The Bertz CT molecular complexity index is 510. The summed E-state index contributed by atoms with van der Waals surface area (Å²) in [5.41, 5.74) is -1.21. The lowest BCUT2D eigenvalue weighted by molar-refractivity contribution is 0.135. The van der Waals surface area contributed by atoms with Gasteiger partial charge in [0.15, 0.2) is 0 Å². The smallest absolute Gasteiger partial charge is 0.245 e. The largest absolute Gasteiger partial charge is 0.280 e. The fourth-order valence-electron chi connectivity index (χ4n) is 1.53. The van der Waals surface area contributed by atoms with Crippen LogP contribution < -0.4 is 0 Å². The zero-order valence-corrected chi connectivity index (χ0v) is 8.00. The number of benzene rings is 1. The molecule has 0 saturated heterocycles. The van der Waals surface area contributed by atoms with E-state index in [2.05, 4.69) is 4.98 Å². The predicted octanol–water partition coefficient (Wildman–Crippen LogP) is 4.11. The van der Waals surface area contributed by atoms with E-state index in [4.69, 9.17) is 0 Å². The lowest BCUT2D eigenvalue weighted by atomic mass is 10.1. The monoisotopic (exact) mass is 229 g/mol. The second kappa shape index (κ2) is 4.08. The number of pyridine rings is 1. The Balaban J connectivity index is 2.74. The van der Waals surface area contributed by atoms with Crippen LogP contribution in [0.4, 0.5) is 17.6 Å². The molecule has 0 aliphatic rings. The number of aromatic nitrogens is 1. The van der Waals surface area contributed by atoms with Crippen LogP contribution in [0.1, 0.15) is 24.2 Å². The molecular formula is C11H7F4N. The molecule has 5 heteroatoms. The van der Waals surface area contributed by atoms with Gasteiger partial charge in [-0.05, 0) is 11.5 Å². The third kappa shape index (κ3) is 1.85. The molecule has 1 aromatic heterocycles. The second-order valence-corrected chi connectivity index (χ2v) is 3.25. The van der Waals surface area contributed by atoms with Crippen molar-refractivity contribution in [2.75, 3.05) is 0 Å². The van der Waals surface area contributed by atoms with Gasteiger partial charge in [-0.2, -0.15) is 0 Å². The van der Waals surface area contributed by atoms with Gasteiger partial charge in [-0.3, -0.25) is 0 Å². The summed E-state index contributed by atoms with van der Waals surface area (Å²) in [5.74, 6) is 0. The number of hydrogen-bond donors (Lipinski definition) is 0. The molecule has 0 amide bonds. The van der Waals surface area contributed by atoms with E-state index in [1.807, 2.05) is 0 Å². The first-order valence-corrected chi connectivity index (χ1v) is 4.55. The first kappa shape index (κ1) is 10.9. The molecule has 0 aliphatic carbocycles. The molecule has 84 valence electrons. The third-order valence-electron chi connectivity index (χ3n) is 2.22. The van der Waals surface area contributed by atoms with E-state index < -0.39 is 24.2 Å². The van der Waals surface area contributed by atoms with Crippen LogP contribution in [0.15, 0.2) is 30.3 Å². The van der Waals surface area contributed by atoms with Gasteiger partial charge in [0.1, 0.15) is 11.4 Å². The molecule has 0 bridgehead atoms. The standard InChI is InChI=1S/C11H7F4N/c12-10(13)8-5-6-3-1-2-4-7(6)9(16-8)11(14)15/h1-5,10-11H. The van der Waals surface area contributed by atoms with Gasteiger partial charge in [0, 0.05) is 5.39 Å². The second-order valence-electron chi connectivity index (χ2n) is 3.25. The van der Waals surface area contributed by atoms with Crippen LogP contribution in [-0.2, 0) is 0 Å². The number of halogens is 4. The number of nitrogens with zero attached hydrogens (tertiary/aromatic N) is 1. The minimum absolute atomic E-state index is 0.210. The molecule has 0 saturated carbocycles. The van der Waals surface area contributed by atoms with Gasteiger partial charge >= 0.3 is 0 Å². The fraction of sp³-hybridized carbons (Fsp3) is 0.182. The highest BCUT2D eigenvalue weighted by molar-refractivity contribution is 5.85. The average Bonchev–Trinajstić information content (AvgIpc) is 2.27. The van der Waals surface area contributed by atoms with Gasteiger partial charge in [0.05, 0.1) is 0 Å². The zero-order valence-electron chi connectivity index (χ0n) is 8.00. The molecule has 16 heavy (non-hydrogen) atoms. The Labute approximate surface area is 88.7 Å². The Morgan fingerprint density at radius 3 is 2.25 bits per heavy atom. The Morgan fingerprint density at radius 1 is 0.938 bits per heavy atom. The van der Waals surface area contributed by atoms with Gasteiger partial charge in [-0.1, -0.05) is 24.3 Å². The molecule has 1 aromatic carbocycles. The van der Waals surface area contributed by atoms with Crippen molar-refractivity contribution in [2.45, 2.75) is 12.9 Å². The van der Waals surface area contributed by atoms with Gasteiger partial charge in [-0.25, -0.2) is 22.5 Å². The quantitative estimate of drug-likeness (QED) is 0.706. The van der Waals surface area contributed by atoms with Crippen LogP contribution in [0.5, 0.6) is 0 Å². The maximum Gasteiger partial charge on any atom is 0.280 e. The minimum atomic E-state index is -2.86. The third-order valence-corrected chi connectivity index (χ3v) is 2.22. The highest BCUT2D eigenvalue weighted by Crippen LogP contribution is 2.29. The first-order valence-electron chi connectivity index (χ1n) is 4.55. The number of rotatable bonds is 2. The zero-order chi connectivity index (χ0) is 11.7. The maximum absolute atomic E-state index is 12.6. The normalized spacial score (nSPS) is 11.6. The van der Waals surface area contributed by atoms with E-state index in [9.17, 15) is 17.6 Å². The summed E-state index contributed by atoms with van der Waals surface area (Å²) < 4.78 is 50.1. The predicted molar refractivity (Wildman–Crippen MR) is 51.7 cm³/mol. The van der Waals surface area contributed by atoms with Crippen LogP contribution in [0.25, 0.3) is 10.8 Å². The lowest BCUT2D eigenvalue weighted by Gasteiger charge is -2.07. The molecule has 2 rings (SSSR count). The van der Waals surface area contributed by atoms with Gasteiger partial charge < -0.3 is 0 Å². The van der Waals surface area contributed by atoms with Crippen LogP contribution in [0, 0.1) is 0 Å². The summed E-state index contributed by atoms with van der Waals surface area (Å²) in [4.78, 5) is 3.30. The highest BCUT2D eigenvalue weighted by atomic mass is 19.3. The molecule has 0 aliphatic heterocycles. The van der Waals surface area contributed by atoms with Crippen molar-refractivity contribution in [3.8, 4) is 0 Å². The molecule has 0 N–H and O–H groups in total. The molecule has 0 fully saturated rings. The Hall–Kier alpha value is -1.65. The van der Waals surface area contributed by atoms with Crippen molar-refractivity contribution >= 4 is 10.8 Å². The van der Waals surface area contributed by atoms with Crippen LogP contribution >= 0.6 is 0 Å². The van der Waals surface area contributed by atoms with E-state index >= 15 is 0 Å². The van der Waals surface area contributed by atoms with Crippen molar-refractivity contribution in [1.29, 1.82) is 0 Å². The first-order chi connectivity index (χ1) is 7.59. The summed E-state index contributed by atoms with van der Waals surface area (Å²) >= 11 is 0. The fourth-order valence-corrected chi connectivity index (χ4v) is 1.53. The summed E-state index contributed by atoms with van der Waals surface area (Å²) in [6.07, 6.45) is -5.70. The van der Waals surface area contributed by atoms with Crippen LogP contribution in [0.2, 0.25) is 0 Å². The summed E-state index contributed by atoms with van der Waals surface area (Å²) in [6, 6.07) is 7.25. The maximum atomic E-state index is 12.6. The van der Waals surface area contributed by atoms with E-state index in [0.29, 0.717) is 5.39 Å². The van der Waals surface area contributed by atoms with Crippen molar-refractivity contribution in [3.05, 3.63) is 41.7 Å². The van der Waals surface area contributed by atoms with Crippen LogP contribution in [0.3, 0.4) is 0 Å². The Morgan fingerprint density at radius 2 is 1.62 bits per heavy atom. The highest BCUT2D eigenvalue weighted by Gasteiger charge is 2.18. The molecule has 0 radical (unpaired) electrons. The topological polar surface area (TPSA) is 12.9 Å². The molecule has 1 nitrogen and oxygen atoms in total. The molecule has 2 aromatic rings. The number of alkyl halides is 4. The van der Waals surface area contributed by atoms with E-state index in [0.717, 1.165) is 6.07 Å². The van der Waals surface area contributed by atoms with Crippen molar-refractivity contribution in [1.82, 2.24) is 4.98 Å². The number of hydrogen-bond acceptors (Lipinski definition) is 1. The average molecular weight is 229 g/mol. The molecule has 0 spiro atoms. The molecular weight excluding hydrogens is 222 g/mol. The van der Waals surface area contributed by atoms with Gasteiger partial charge in [0.25, 0.3) is 12.9 Å². The van der Waals surface area contributed by atoms with E-state index in [1.165, 1.54) is 12.1 Å². The number of fused-ring (bicyclic) bond motifs is 1. The molecule has 1 heterocycles. The van der Waals surface area contributed by atoms with Gasteiger partial charge in [0.2, 0.25) is 0 Å². The Kier molecular flexibility index (Phi) is 2.77. The summed E-state index contributed by atoms with van der Waals surface area (Å²) in [5, 5.41) is 0.560. The SMILES string of the molecule is FC(F)c1cc2ccccc2c(C(F)F)n1. The minimum Gasteiger partial charge on any atom is -0.245 e. The summed E-state index contributed by atoms with van der Waals surface area (Å²) in [6.45, 7) is 0. The lowest BCUT2D eigenvalue weighted by Crippen LogP contribution is -1.98.